The third-order valence-electron chi connectivity index (χ3n) is 3.54. The van der Waals surface area contributed by atoms with Crippen LogP contribution in [0.5, 0.6) is 0 Å². The summed E-state index contributed by atoms with van der Waals surface area (Å²) in [6.07, 6.45) is 9.53. The molecule has 1 saturated heterocycles. The molecule has 1 aliphatic heterocycles. The standard InChI is InChI=1S/C14H29N3O/c15-9-8-14(18)16-10-4-1-2-5-11-17-12-6-3-7-13-17/h1-13,15H2,(H,16,18). The SMILES string of the molecule is NCCC(=O)NCCCCCCN1CCCCC1. The first-order valence-electron chi connectivity index (χ1n) is 7.52. The number of hydrogen-bond acceptors (Lipinski definition) is 3. The van der Waals surface area contributed by atoms with Crippen molar-refractivity contribution in [3.8, 4) is 0 Å². The molecular formula is C14H29N3O. The summed E-state index contributed by atoms with van der Waals surface area (Å²) in [5.41, 5.74) is 5.30. The van der Waals surface area contributed by atoms with E-state index in [2.05, 4.69) is 10.2 Å². The van der Waals surface area contributed by atoms with E-state index in [1.807, 2.05) is 0 Å². The summed E-state index contributed by atoms with van der Waals surface area (Å²) in [7, 11) is 0. The van der Waals surface area contributed by atoms with E-state index < -0.39 is 0 Å². The lowest BCUT2D eigenvalue weighted by Crippen LogP contribution is -2.30. The molecule has 3 N–H and O–H groups in total. The van der Waals surface area contributed by atoms with E-state index >= 15 is 0 Å². The van der Waals surface area contributed by atoms with E-state index in [1.165, 1.54) is 58.2 Å². The van der Waals surface area contributed by atoms with Gasteiger partial charge in [0.1, 0.15) is 0 Å². The Morgan fingerprint density at radius 3 is 2.50 bits per heavy atom. The molecular weight excluding hydrogens is 226 g/mol. The molecule has 0 spiro atoms. The predicted octanol–water partition coefficient (Wildman–Crippen LogP) is 1.50. The fourth-order valence-corrected chi connectivity index (χ4v) is 2.44. The molecule has 1 aliphatic rings. The summed E-state index contributed by atoms with van der Waals surface area (Å²) in [4.78, 5) is 13.7. The number of unbranched alkanes of at least 4 members (excludes halogenated alkanes) is 3. The highest BCUT2D eigenvalue weighted by Crippen LogP contribution is 2.10. The summed E-state index contributed by atoms with van der Waals surface area (Å²) in [5.74, 6) is 0.0887. The number of likely N-dealkylation sites (tertiary alicyclic amines) is 1. The molecule has 1 heterocycles. The zero-order valence-electron chi connectivity index (χ0n) is 11.6. The van der Waals surface area contributed by atoms with Gasteiger partial charge >= 0.3 is 0 Å². The average Bonchev–Trinajstić information content (AvgIpc) is 2.39. The van der Waals surface area contributed by atoms with Gasteiger partial charge in [0, 0.05) is 19.5 Å². The first kappa shape index (κ1) is 15.4. The first-order valence-corrected chi connectivity index (χ1v) is 7.52. The van der Waals surface area contributed by atoms with Gasteiger partial charge < -0.3 is 16.0 Å². The van der Waals surface area contributed by atoms with Gasteiger partial charge in [-0.3, -0.25) is 4.79 Å². The lowest BCUT2D eigenvalue weighted by molar-refractivity contribution is -0.120. The summed E-state index contributed by atoms with van der Waals surface area (Å²) in [5, 5.41) is 2.89. The zero-order valence-corrected chi connectivity index (χ0v) is 11.6. The van der Waals surface area contributed by atoms with Gasteiger partial charge in [0.15, 0.2) is 0 Å². The van der Waals surface area contributed by atoms with Crippen molar-refractivity contribution >= 4 is 5.91 Å². The minimum Gasteiger partial charge on any atom is -0.356 e. The minimum atomic E-state index is 0.0887. The molecule has 18 heavy (non-hydrogen) atoms. The number of nitrogens with two attached hydrogens (primary N) is 1. The predicted molar refractivity (Wildman–Crippen MR) is 75.4 cm³/mol. The summed E-state index contributed by atoms with van der Waals surface area (Å²) in [6.45, 7) is 5.12. The van der Waals surface area contributed by atoms with Crippen molar-refractivity contribution in [1.82, 2.24) is 10.2 Å². The monoisotopic (exact) mass is 255 g/mol. The zero-order chi connectivity index (χ0) is 13.1. The van der Waals surface area contributed by atoms with E-state index in [1.54, 1.807) is 0 Å². The van der Waals surface area contributed by atoms with E-state index in [9.17, 15) is 4.79 Å². The third-order valence-corrected chi connectivity index (χ3v) is 3.54. The lowest BCUT2D eigenvalue weighted by atomic mass is 10.1. The quantitative estimate of drug-likeness (QED) is 0.614. The smallest absolute Gasteiger partial charge is 0.221 e. The highest BCUT2D eigenvalue weighted by molar-refractivity contribution is 5.75. The topological polar surface area (TPSA) is 58.4 Å². The third kappa shape index (κ3) is 7.67. The average molecular weight is 255 g/mol. The van der Waals surface area contributed by atoms with Gasteiger partial charge in [-0.05, 0) is 45.3 Å². The van der Waals surface area contributed by atoms with E-state index in [0.717, 1.165) is 13.0 Å². The van der Waals surface area contributed by atoms with Crippen LogP contribution in [0.3, 0.4) is 0 Å². The van der Waals surface area contributed by atoms with Crippen LogP contribution in [0.4, 0.5) is 0 Å². The molecule has 1 amide bonds. The molecule has 0 saturated carbocycles. The molecule has 0 aromatic heterocycles. The summed E-state index contributed by atoms with van der Waals surface area (Å²) < 4.78 is 0. The van der Waals surface area contributed by atoms with Crippen molar-refractivity contribution in [3.63, 3.8) is 0 Å². The number of rotatable bonds is 9. The minimum absolute atomic E-state index is 0.0887. The molecule has 1 rings (SSSR count). The van der Waals surface area contributed by atoms with E-state index in [4.69, 9.17) is 5.73 Å². The Morgan fingerprint density at radius 1 is 1.06 bits per heavy atom. The fourth-order valence-electron chi connectivity index (χ4n) is 2.44. The highest BCUT2D eigenvalue weighted by atomic mass is 16.1. The first-order chi connectivity index (χ1) is 8.83. The van der Waals surface area contributed by atoms with Crippen molar-refractivity contribution in [3.05, 3.63) is 0 Å². The Bertz CT molecular complexity index is 215. The highest BCUT2D eigenvalue weighted by Gasteiger charge is 2.08. The van der Waals surface area contributed by atoms with Crippen LogP contribution >= 0.6 is 0 Å². The number of carbonyl (C=O) groups excluding carboxylic acids is 1. The Morgan fingerprint density at radius 2 is 1.78 bits per heavy atom. The van der Waals surface area contributed by atoms with Gasteiger partial charge in [0.2, 0.25) is 5.91 Å². The second-order valence-electron chi connectivity index (χ2n) is 5.21. The van der Waals surface area contributed by atoms with Crippen molar-refractivity contribution in [2.45, 2.75) is 51.4 Å². The Kier molecular flexibility index (Phi) is 8.86. The maximum Gasteiger partial charge on any atom is 0.221 e. The van der Waals surface area contributed by atoms with Gasteiger partial charge in [-0.2, -0.15) is 0 Å². The maximum atomic E-state index is 11.1. The molecule has 0 radical (unpaired) electrons. The second-order valence-corrected chi connectivity index (χ2v) is 5.21. The lowest BCUT2D eigenvalue weighted by Gasteiger charge is -2.26. The van der Waals surface area contributed by atoms with E-state index in [-0.39, 0.29) is 5.91 Å². The van der Waals surface area contributed by atoms with Crippen molar-refractivity contribution < 1.29 is 4.79 Å². The number of hydrogen-bond donors (Lipinski definition) is 2. The maximum absolute atomic E-state index is 11.1. The van der Waals surface area contributed by atoms with E-state index in [0.29, 0.717) is 13.0 Å². The van der Waals surface area contributed by atoms with Crippen LogP contribution in [0.25, 0.3) is 0 Å². The molecule has 0 aromatic carbocycles. The van der Waals surface area contributed by atoms with Crippen molar-refractivity contribution in [2.75, 3.05) is 32.7 Å². The fraction of sp³-hybridized carbons (Fsp3) is 0.929. The largest absolute Gasteiger partial charge is 0.356 e. The van der Waals surface area contributed by atoms with Crippen LogP contribution in [0.2, 0.25) is 0 Å². The number of nitrogens with one attached hydrogen (secondary N) is 1. The molecule has 106 valence electrons. The number of carbonyl (C=O) groups is 1. The Balaban J connectivity index is 1.82. The molecule has 4 nitrogen and oxygen atoms in total. The van der Waals surface area contributed by atoms with Crippen LogP contribution < -0.4 is 11.1 Å². The van der Waals surface area contributed by atoms with Crippen molar-refractivity contribution in [2.24, 2.45) is 5.73 Å². The van der Waals surface area contributed by atoms with Crippen LogP contribution in [-0.2, 0) is 4.79 Å². The van der Waals surface area contributed by atoms with Gasteiger partial charge in [-0.1, -0.05) is 19.3 Å². The van der Waals surface area contributed by atoms with Gasteiger partial charge in [-0.15, -0.1) is 0 Å². The molecule has 0 atom stereocenters. The summed E-state index contributed by atoms with van der Waals surface area (Å²) in [6, 6.07) is 0. The molecule has 4 heteroatoms. The molecule has 0 unspecified atom stereocenters. The molecule has 1 fully saturated rings. The van der Waals surface area contributed by atoms with Gasteiger partial charge in [0.05, 0.1) is 0 Å². The second kappa shape index (κ2) is 10.3. The molecule has 0 aromatic rings. The summed E-state index contributed by atoms with van der Waals surface area (Å²) >= 11 is 0. The Hall–Kier alpha value is -0.610. The van der Waals surface area contributed by atoms with Crippen LogP contribution in [0.15, 0.2) is 0 Å². The van der Waals surface area contributed by atoms with Crippen LogP contribution in [-0.4, -0.2) is 43.5 Å². The molecule has 0 bridgehead atoms. The number of amides is 1. The van der Waals surface area contributed by atoms with Crippen molar-refractivity contribution in [1.29, 1.82) is 0 Å². The van der Waals surface area contributed by atoms with Crippen LogP contribution in [0.1, 0.15) is 51.4 Å². The Labute approximate surface area is 111 Å². The van der Waals surface area contributed by atoms with Crippen LogP contribution in [0, 0.1) is 0 Å². The molecule has 0 aliphatic carbocycles. The van der Waals surface area contributed by atoms with Gasteiger partial charge in [-0.25, -0.2) is 0 Å². The number of piperidine rings is 1. The van der Waals surface area contributed by atoms with Gasteiger partial charge in [0.25, 0.3) is 0 Å². The normalized spacial score (nSPS) is 16.7. The number of nitrogens with zero attached hydrogens (tertiary/aromatic N) is 1.